The van der Waals surface area contributed by atoms with Crippen molar-refractivity contribution >= 4 is 34.1 Å². The average Bonchev–Trinajstić information content (AvgIpc) is 2.89. The summed E-state index contributed by atoms with van der Waals surface area (Å²) in [7, 11) is 0. The standard InChI is InChI=1S/C29H23N5O/c1-2-8-27(35)32-25-13-6-9-20(16-25)26-17-22(21-10-7-14-30-18-21)15-23-19-31-29(34-28(23)26)33-24-11-4-3-5-12-24/h2-19H,1H3,(H,32,35)(H,31,33,34)/b8-2+. The molecule has 0 spiro atoms. The van der Waals surface area contributed by atoms with Gasteiger partial charge in [-0.1, -0.05) is 42.5 Å². The molecule has 0 aliphatic heterocycles. The Morgan fingerprint density at radius 3 is 2.46 bits per heavy atom. The van der Waals surface area contributed by atoms with E-state index in [1.807, 2.05) is 86.0 Å². The van der Waals surface area contributed by atoms with E-state index < -0.39 is 0 Å². The van der Waals surface area contributed by atoms with Crippen LogP contribution in [0.4, 0.5) is 17.3 Å². The maximum atomic E-state index is 12.1. The van der Waals surface area contributed by atoms with Gasteiger partial charge in [-0.05, 0) is 66.6 Å². The summed E-state index contributed by atoms with van der Waals surface area (Å²) in [4.78, 5) is 25.8. The number of rotatable bonds is 6. The van der Waals surface area contributed by atoms with Crippen molar-refractivity contribution in [3.05, 3.63) is 110 Å². The quantitative estimate of drug-likeness (QED) is 0.280. The summed E-state index contributed by atoms with van der Waals surface area (Å²) in [6, 6.07) is 25.7. The van der Waals surface area contributed by atoms with Crippen molar-refractivity contribution in [1.29, 1.82) is 0 Å². The Hall–Kier alpha value is -4.84. The van der Waals surface area contributed by atoms with Crippen molar-refractivity contribution in [2.24, 2.45) is 0 Å². The molecular formula is C29H23N5O. The lowest BCUT2D eigenvalue weighted by Gasteiger charge is -2.13. The first-order chi connectivity index (χ1) is 17.2. The minimum absolute atomic E-state index is 0.171. The second-order valence-electron chi connectivity index (χ2n) is 7.96. The molecule has 0 aliphatic carbocycles. The number of pyridine rings is 1. The van der Waals surface area contributed by atoms with Crippen molar-refractivity contribution in [2.75, 3.05) is 10.6 Å². The van der Waals surface area contributed by atoms with Crippen LogP contribution in [-0.4, -0.2) is 20.9 Å². The number of fused-ring (bicyclic) bond motifs is 1. The molecule has 3 aromatic carbocycles. The third-order valence-electron chi connectivity index (χ3n) is 5.47. The Morgan fingerprint density at radius 2 is 1.66 bits per heavy atom. The largest absolute Gasteiger partial charge is 0.324 e. The molecule has 1 amide bonds. The summed E-state index contributed by atoms with van der Waals surface area (Å²) in [5, 5.41) is 7.09. The lowest BCUT2D eigenvalue weighted by Crippen LogP contribution is -2.07. The predicted molar refractivity (Wildman–Crippen MR) is 141 cm³/mol. The van der Waals surface area contributed by atoms with Crippen LogP contribution in [0.3, 0.4) is 0 Å². The van der Waals surface area contributed by atoms with E-state index in [0.717, 1.165) is 38.8 Å². The fourth-order valence-electron chi connectivity index (χ4n) is 3.88. The van der Waals surface area contributed by atoms with Crippen LogP contribution in [0, 0.1) is 0 Å². The molecule has 2 aromatic heterocycles. The minimum Gasteiger partial charge on any atom is -0.324 e. The van der Waals surface area contributed by atoms with Gasteiger partial charge in [0.1, 0.15) is 0 Å². The first-order valence-electron chi connectivity index (χ1n) is 11.3. The molecule has 0 aliphatic rings. The van der Waals surface area contributed by atoms with Gasteiger partial charge in [-0.15, -0.1) is 0 Å². The molecule has 0 radical (unpaired) electrons. The van der Waals surface area contributed by atoms with Gasteiger partial charge in [0.15, 0.2) is 0 Å². The van der Waals surface area contributed by atoms with Crippen molar-refractivity contribution in [1.82, 2.24) is 15.0 Å². The van der Waals surface area contributed by atoms with Crippen LogP contribution < -0.4 is 10.6 Å². The maximum Gasteiger partial charge on any atom is 0.248 e. The minimum atomic E-state index is -0.171. The molecule has 2 N–H and O–H groups in total. The average molecular weight is 458 g/mol. The molecule has 6 nitrogen and oxygen atoms in total. The van der Waals surface area contributed by atoms with E-state index in [1.54, 1.807) is 12.3 Å². The summed E-state index contributed by atoms with van der Waals surface area (Å²) in [5.74, 6) is 0.340. The number of hydrogen-bond donors (Lipinski definition) is 2. The third-order valence-corrected chi connectivity index (χ3v) is 5.47. The van der Waals surface area contributed by atoms with E-state index >= 15 is 0 Å². The van der Waals surface area contributed by atoms with Crippen molar-refractivity contribution in [3.63, 3.8) is 0 Å². The zero-order valence-electron chi connectivity index (χ0n) is 19.1. The Morgan fingerprint density at radius 1 is 0.829 bits per heavy atom. The topological polar surface area (TPSA) is 79.8 Å². The molecular weight excluding hydrogens is 434 g/mol. The summed E-state index contributed by atoms with van der Waals surface area (Å²) < 4.78 is 0. The summed E-state index contributed by atoms with van der Waals surface area (Å²) in [6.45, 7) is 1.81. The normalized spacial score (nSPS) is 11.0. The number of hydrogen-bond acceptors (Lipinski definition) is 5. The van der Waals surface area contributed by atoms with Crippen LogP contribution in [0.1, 0.15) is 6.92 Å². The van der Waals surface area contributed by atoms with E-state index in [2.05, 4.69) is 32.7 Å². The number of carbonyl (C=O) groups excluding carboxylic acids is 1. The molecule has 0 unspecified atom stereocenters. The van der Waals surface area contributed by atoms with Gasteiger partial charge in [0.05, 0.1) is 5.52 Å². The van der Waals surface area contributed by atoms with E-state index in [-0.39, 0.29) is 5.91 Å². The highest BCUT2D eigenvalue weighted by atomic mass is 16.1. The highest BCUT2D eigenvalue weighted by Crippen LogP contribution is 2.34. The molecule has 0 saturated carbocycles. The molecule has 5 aromatic rings. The van der Waals surface area contributed by atoms with Gasteiger partial charge in [-0.2, -0.15) is 0 Å². The molecule has 0 fully saturated rings. The molecule has 0 atom stereocenters. The highest BCUT2D eigenvalue weighted by Gasteiger charge is 2.12. The second kappa shape index (κ2) is 9.97. The number of para-hydroxylation sites is 1. The van der Waals surface area contributed by atoms with E-state index in [4.69, 9.17) is 4.98 Å². The Labute approximate surface area is 203 Å². The van der Waals surface area contributed by atoms with E-state index in [9.17, 15) is 4.79 Å². The summed E-state index contributed by atoms with van der Waals surface area (Å²) in [5.41, 5.74) is 6.31. The number of benzene rings is 3. The zero-order chi connectivity index (χ0) is 24.0. The van der Waals surface area contributed by atoms with Crippen molar-refractivity contribution in [2.45, 2.75) is 6.92 Å². The first-order valence-corrected chi connectivity index (χ1v) is 11.3. The van der Waals surface area contributed by atoms with Gasteiger partial charge in [0, 0.05) is 46.5 Å². The van der Waals surface area contributed by atoms with Crippen LogP contribution in [-0.2, 0) is 4.79 Å². The third kappa shape index (κ3) is 5.07. The number of nitrogens with one attached hydrogen (secondary N) is 2. The Bertz CT molecular complexity index is 1510. The van der Waals surface area contributed by atoms with E-state index in [1.165, 1.54) is 6.08 Å². The van der Waals surface area contributed by atoms with Gasteiger partial charge in [0.25, 0.3) is 0 Å². The fourth-order valence-corrected chi connectivity index (χ4v) is 3.88. The smallest absolute Gasteiger partial charge is 0.248 e. The van der Waals surface area contributed by atoms with Gasteiger partial charge in [-0.3, -0.25) is 9.78 Å². The monoisotopic (exact) mass is 457 g/mol. The SMILES string of the molecule is C/C=C/C(=O)Nc1cccc(-c2cc(-c3cccnc3)cc3cnc(Nc4ccccc4)nc23)c1. The van der Waals surface area contributed by atoms with Gasteiger partial charge in [0.2, 0.25) is 11.9 Å². The number of carbonyl (C=O) groups is 1. The number of aromatic nitrogens is 3. The number of nitrogens with zero attached hydrogens (tertiary/aromatic N) is 3. The molecule has 170 valence electrons. The summed E-state index contributed by atoms with van der Waals surface area (Å²) >= 11 is 0. The highest BCUT2D eigenvalue weighted by molar-refractivity contribution is 6.01. The number of allylic oxidation sites excluding steroid dienone is 1. The van der Waals surface area contributed by atoms with E-state index in [0.29, 0.717) is 11.6 Å². The number of anilines is 3. The van der Waals surface area contributed by atoms with Crippen LogP contribution in [0.25, 0.3) is 33.2 Å². The lowest BCUT2D eigenvalue weighted by atomic mass is 9.96. The molecule has 2 heterocycles. The van der Waals surface area contributed by atoms with Crippen molar-refractivity contribution in [3.8, 4) is 22.3 Å². The van der Waals surface area contributed by atoms with Crippen LogP contribution in [0.2, 0.25) is 0 Å². The molecule has 6 heteroatoms. The molecule has 0 bridgehead atoms. The van der Waals surface area contributed by atoms with Gasteiger partial charge < -0.3 is 10.6 Å². The van der Waals surface area contributed by atoms with Crippen molar-refractivity contribution < 1.29 is 4.79 Å². The lowest BCUT2D eigenvalue weighted by molar-refractivity contribution is -0.111. The van der Waals surface area contributed by atoms with Crippen LogP contribution in [0.5, 0.6) is 0 Å². The predicted octanol–water partition coefficient (Wildman–Crippen LogP) is 6.62. The molecule has 5 rings (SSSR count). The summed E-state index contributed by atoms with van der Waals surface area (Å²) in [6.07, 6.45) is 8.63. The molecule has 0 saturated heterocycles. The Kier molecular flexibility index (Phi) is 6.26. The Balaban J connectivity index is 1.64. The van der Waals surface area contributed by atoms with Gasteiger partial charge in [-0.25, -0.2) is 9.97 Å². The van der Waals surface area contributed by atoms with Gasteiger partial charge >= 0.3 is 0 Å². The maximum absolute atomic E-state index is 12.1. The fraction of sp³-hybridized carbons (Fsp3) is 0.0345. The zero-order valence-corrected chi connectivity index (χ0v) is 19.1. The first kappa shape index (κ1) is 22.0. The van der Waals surface area contributed by atoms with Crippen LogP contribution >= 0.6 is 0 Å². The second-order valence-corrected chi connectivity index (χ2v) is 7.96. The number of amides is 1. The molecule has 35 heavy (non-hydrogen) atoms. The van der Waals surface area contributed by atoms with Crippen LogP contribution in [0.15, 0.2) is 110 Å².